The number of benzene rings is 2. The van der Waals surface area contributed by atoms with Gasteiger partial charge in [-0.15, -0.1) is 0 Å². The molecule has 0 bridgehead atoms. The Bertz CT molecular complexity index is 771. The Labute approximate surface area is 166 Å². The van der Waals surface area contributed by atoms with E-state index in [0.717, 1.165) is 11.3 Å². The first-order valence-electron chi connectivity index (χ1n) is 9.41. The lowest BCUT2D eigenvalue weighted by Crippen LogP contribution is -2.42. The number of carbonyl (C=O) groups is 1. The van der Waals surface area contributed by atoms with Gasteiger partial charge >= 0.3 is 0 Å². The molecule has 2 N–H and O–H groups in total. The second-order valence-electron chi connectivity index (χ2n) is 6.73. The van der Waals surface area contributed by atoms with Crippen molar-refractivity contribution in [1.29, 1.82) is 0 Å². The molecular weight excluding hydrogens is 358 g/mol. The minimum atomic E-state index is -1.09. The quantitative estimate of drug-likeness (QED) is 0.655. The molecule has 152 valence electrons. The van der Waals surface area contributed by atoms with Gasteiger partial charge in [0, 0.05) is 18.5 Å². The maximum Gasteiger partial charge on any atom is 0.251 e. The lowest BCUT2D eigenvalue weighted by molar-refractivity contribution is 0.0552. The SMILES string of the molecule is CCOc1ccc(C(=O)NCC(C)(O)Cc2ccc(OC)cc2)cc1OCC. The minimum Gasteiger partial charge on any atom is -0.497 e. The van der Waals surface area contributed by atoms with Crippen LogP contribution in [0.2, 0.25) is 0 Å². The molecule has 1 atom stereocenters. The highest BCUT2D eigenvalue weighted by Crippen LogP contribution is 2.28. The van der Waals surface area contributed by atoms with Crippen LogP contribution in [0.1, 0.15) is 36.7 Å². The monoisotopic (exact) mass is 387 g/mol. The fraction of sp³-hybridized carbons (Fsp3) is 0.409. The molecule has 0 fully saturated rings. The molecule has 2 aromatic carbocycles. The van der Waals surface area contributed by atoms with Gasteiger partial charge in [0.15, 0.2) is 11.5 Å². The third kappa shape index (κ3) is 6.16. The molecule has 2 rings (SSSR count). The molecule has 0 aromatic heterocycles. The van der Waals surface area contributed by atoms with Crippen LogP contribution in [0.15, 0.2) is 42.5 Å². The van der Waals surface area contributed by atoms with E-state index in [4.69, 9.17) is 14.2 Å². The average molecular weight is 387 g/mol. The van der Waals surface area contributed by atoms with E-state index in [1.165, 1.54) is 0 Å². The molecule has 0 saturated carbocycles. The number of ether oxygens (including phenoxy) is 3. The summed E-state index contributed by atoms with van der Waals surface area (Å²) in [5.41, 5.74) is 0.324. The van der Waals surface area contributed by atoms with Crippen LogP contribution in [-0.2, 0) is 6.42 Å². The van der Waals surface area contributed by atoms with Gasteiger partial charge in [-0.3, -0.25) is 4.79 Å². The highest BCUT2D eigenvalue weighted by atomic mass is 16.5. The lowest BCUT2D eigenvalue weighted by atomic mass is 9.96. The van der Waals surface area contributed by atoms with Gasteiger partial charge in [0.1, 0.15) is 5.75 Å². The minimum absolute atomic E-state index is 0.120. The van der Waals surface area contributed by atoms with Crippen molar-refractivity contribution in [2.24, 2.45) is 0 Å². The number of nitrogens with one attached hydrogen (secondary N) is 1. The summed E-state index contributed by atoms with van der Waals surface area (Å²) in [6, 6.07) is 12.5. The third-order valence-electron chi connectivity index (χ3n) is 4.18. The molecule has 2 aromatic rings. The van der Waals surface area contributed by atoms with Crippen LogP contribution in [0, 0.1) is 0 Å². The second kappa shape index (κ2) is 9.99. The number of hydrogen-bond donors (Lipinski definition) is 2. The van der Waals surface area contributed by atoms with Crippen molar-refractivity contribution in [2.75, 3.05) is 26.9 Å². The van der Waals surface area contributed by atoms with Crippen molar-refractivity contribution < 1.29 is 24.1 Å². The molecule has 0 spiro atoms. The van der Waals surface area contributed by atoms with E-state index in [0.29, 0.717) is 36.7 Å². The van der Waals surface area contributed by atoms with E-state index in [9.17, 15) is 9.90 Å². The van der Waals surface area contributed by atoms with Crippen LogP contribution in [0.4, 0.5) is 0 Å². The van der Waals surface area contributed by atoms with E-state index in [2.05, 4.69) is 5.32 Å². The molecule has 0 aliphatic rings. The average Bonchev–Trinajstić information content (AvgIpc) is 2.68. The van der Waals surface area contributed by atoms with Gasteiger partial charge in [-0.2, -0.15) is 0 Å². The summed E-state index contributed by atoms with van der Waals surface area (Å²) in [6.45, 7) is 6.57. The van der Waals surface area contributed by atoms with Crippen molar-refractivity contribution >= 4 is 5.91 Å². The van der Waals surface area contributed by atoms with Crippen molar-refractivity contribution in [2.45, 2.75) is 32.8 Å². The number of rotatable bonds is 10. The van der Waals surface area contributed by atoms with Crippen LogP contribution in [0.25, 0.3) is 0 Å². The van der Waals surface area contributed by atoms with E-state index in [-0.39, 0.29) is 12.5 Å². The fourth-order valence-electron chi connectivity index (χ4n) is 2.81. The smallest absolute Gasteiger partial charge is 0.251 e. The summed E-state index contributed by atoms with van der Waals surface area (Å²) in [6.07, 6.45) is 0.407. The maximum atomic E-state index is 12.5. The molecule has 0 aliphatic heterocycles. The van der Waals surface area contributed by atoms with E-state index < -0.39 is 5.60 Å². The first kappa shape index (κ1) is 21.6. The molecule has 1 unspecified atom stereocenters. The fourth-order valence-corrected chi connectivity index (χ4v) is 2.81. The Hall–Kier alpha value is -2.73. The Morgan fingerprint density at radius 3 is 2.29 bits per heavy atom. The Morgan fingerprint density at radius 2 is 1.68 bits per heavy atom. The Balaban J connectivity index is 2.00. The van der Waals surface area contributed by atoms with Crippen LogP contribution in [-0.4, -0.2) is 43.5 Å². The van der Waals surface area contributed by atoms with Crippen LogP contribution in [0.5, 0.6) is 17.2 Å². The maximum absolute atomic E-state index is 12.5. The van der Waals surface area contributed by atoms with Crippen molar-refractivity contribution in [3.63, 3.8) is 0 Å². The standard InChI is InChI=1S/C22H29NO5/c1-5-27-19-12-9-17(13-20(19)28-6-2)21(24)23-15-22(3,25)14-16-7-10-18(26-4)11-8-16/h7-13,25H,5-6,14-15H2,1-4H3,(H,23,24). The zero-order valence-electron chi connectivity index (χ0n) is 17.0. The summed E-state index contributed by atoms with van der Waals surface area (Å²) in [4.78, 5) is 12.5. The van der Waals surface area contributed by atoms with Gasteiger partial charge < -0.3 is 24.6 Å². The Kier molecular flexibility index (Phi) is 7.70. The van der Waals surface area contributed by atoms with Gasteiger partial charge in [-0.1, -0.05) is 12.1 Å². The molecule has 1 amide bonds. The van der Waals surface area contributed by atoms with E-state index in [1.807, 2.05) is 38.1 Å². The number of aliphatic hydroxyl groups is 1. The molecule has 0 aliphatic carbocycles. The zero-order chi connectivity index (χ0) is 20.6. The number of methoxy groups -OCH3 is 1. The first-order valence-corrected chi connectivity index (χ1v) is 9.41. The predicted molar refractivity (Wildman–Crippen MR) is 108 cm³/mol. The van der Waals surface area contributed by atoms with Gasteiger partial charge in [-0.25, -0.2) is 0 Å². The van der Waals surface area contributed by atoms with Gasteiger partial charge in [0.2, 0.25) is 0 Å². The summed E-state index contributed by atoms with van der Waals surface area (Å²) in [7, 11) is 1.61. The normalized spacial score (nSPS) is 12.8. The third-order valence-corrected chi connectivity index (χ3v) is 4.18. The molecular formula is C22H29NO5. The van der Waals surface area contributed by atoms with Crippen LogP contribution in [0.3, 0.4) is 0 Å². The van der Waals surface area contributed by atoms with Crippen molar-refractivity contribution in [3.8, 4) is 17.2 Å². The summed E-state index contributed by atoms with van der Waals surface area (Å²) in [5.74, 6) is 1.62. The number of hydrogen-bond acceptors (Lipinski definition) is 5. The summed E-state index contributed by atoms with van der Waals surface area (Å²) < 4.78 is 16.2. The zero-order valence-corrected chi connectivity index (χ0v) is 17.0. The van der Waals surface area contributed by atoms with Crippen LogP contribution < -0.4 is 19.5 Å². The summed E-state index contributed by atoms with van der Waals surface area (Å²) >= 11 is 0. The molecule has 0 radical (unpaired) electrons. The molecule has 28 heavy (non-hydrogen) atoms. The molecule has 6 nitrogen and oxygen atoms in total. The first-order chi connectivity index (χ1) is 13.4. The van der Waals surface area contributed by atoms with Crippen molar-refractivity contribution in [1.82, 2.24) is 5.32 Å². The molecule has 0 saturated heterocycles. The highest BCUT2D eigenvalue weighted by Gasteiger charge is 2.22. The Morgan fingerprint density at radius 1 is 1.04 bits per heavy atom. The van der Waals surface area contributed by atoms with Crippen molar-refractivity contribution in [3.05, 3.63) is 53.6 Å². The second-order valence-corrected chi connectivity index (χ2v) is 6.73. The van der Waals surface area contributed by atoms with Gasteiger partial charge in [-0.05, 0) is 56.7 Å². The van der Waals surface area contributed by atoms with Crippen LogP contribution >= 0.6 is 0 Å². The predicted octanol–water partition coefficient (Wildman–Crippen LogP) is 3.22. The van der Waals surface area contributed by atoms with Gasteiger partial charge in [0.05, 0.1) is 25.9 Å². The van der Waals surface area contributed by atoms with E-state index >= 15 is 0 Å². The summed E-state index contributed by atoms with van der Waals surface area (Å²) in [5, 5.41) is 13.4. The molecule has 0 heterocycles. The topological polar surface area (TPSA) is 77.0 Å². The highest BCUT2D eigenvalue weighted by molar-refractivity contribution is 5.94. The largest absolute Gasteiger partial charge is 0.497 e. The lowest BCUT2D eigenvalue weighted by Gasteiger charge is -2.24. The number of carbonyl (C=O) groups excluding carboxylic acids is 1. The van der Waals surface area contributed by atoms with E-state index in [1.54, 1.807) is 32.2 Å². The molecule has 6 heteroatoms. The van der Waals surface area contributed by atoms with Gasteiger partial charge in [0.25, 0.3) is 5.91 Å². The number of amides is 1.